The Bertz CT molecular complexity index is 487. The quantitative estimate of drug-likeness (QED) is 0.792. The van der Waals surface area contributed by atoms with Gasteiger partial charge in [0.05, 0.1) is 10.7 Å². The maximum absolute atomic E-state index is 11.4. The first kappa shape index (κ1) is 12.8. The molecular weight excluding hydrogens is 258 g/mol. The van der Waals surface area contributed by atoms with Crippen molar-refractivity contribution in [3.05, 3.63) is 10.4 Å². The number of hydrogen-bond acceptors (Lipinski definition) is 4. The third-order valence-corrected chi connectivity index (χ3v) is 5.30. The fraction of sp³-hybridized carbons (Fsp3) is 0.643. The Kier molecular flexibility index (Phi) is 3.39. The third kappa shape index (κ3) is 2.56. The molecule has 0 unspecified atom stereocenters. The van der Waals surface area contributed by atoms with E-state index in [2.05, 4.69) is 5.32 Å². The number of nitrogen functional groups attached to an aromatic ring is 1. The van der Waals surface area contributed by atoms with Gasteiger partial charge in [0.1, 0.15) is 4.88 Å². The number of hydrogen-bond donors (Lipinski definition) is 3. The van der Waals surface area contributed by atoms with Crippen LogP contribution in [-0.4, -0.2) is 11.9 Å². The van der Waals surface area contributed by atoms with Crippen molar-refractivity contribution in [2.45, 2.75) is 56.9 Å². The van der Waals surface area contributed by atoms with Gasteiger partial charge in [-0.2, -0.15) is 0 Å². The van der Waals surface area contributed by atoms with Gasteiger partial charge in [-0.15, -0.1) is 11.3 Å². The second-order valence-electron chi connectivity index (χ2n) is 5.71. The number of rotatable bonds is 4. The molecule has 4 nitrogen and oxygen atoms in total. The highest BCUT2D eigenvalue weighted by molar-refractivity contribution is 7.18. The SMILES string of the molecule is NC(=O)c1sc(NC2CCCCC2)c(C2CC2)c1N. The molecular formula is C14H21N3OS. The van der Waals surface area contributed by atoms with Crippen molar-refractivity contribution >= 4 is 27.9 Å². The van der Waals surface area contributed by atoms with Gasteiger partial charge >= 0.3 is 0 Å². The Morgan fingerprint density at radius 1 is 1.16 bits per heavy atom. The van der Waals surface area contributed by atoms with E-state index in [0.29, 0.717) is 22.5 Å². The molecule has 2 aliphatic carbocycles. The Balaban J connectivity index is 1.86. The highest BCUT2D eigenvalue weighted by Crippen LogP contribution is 2.51. The van der Waals surface area contributed by atoms with Crippen molar-refractivity contribution in [3.8, 4) is 0 Å². The second-order valence-corrected chi connectivity index (χ2v) is 6.73. The molecule has 1 aromatic rings. The Labute approximate surface area is 117 Å². The number of anilines is 2. The van der Waals surface area contributed by atoms with E-state index in [-0.39, 0.29) is 0 Å². The predicted molar refractivity (Wildman–Crippen MR) is 79.7 cm³/mol. The molecule has 19 heavy (non-hydrogen) atoms. The van der Waals surface area contributed by atoms with E-state index in [4.69, 9.17) is 11.5 Å². The number of thiophene rings is 1. The molecule has 2 aliphatic rings. The molecule has 5 N–H and O–H groups in total. The lowest BCUT2D eigenvalue weighted by molar-refractivity contribution is 0.100. The van der Waals surface area contributed by atoms with Crippen LogP contribution in [0.2, 0.25) is 0 Å². The van der Waals surface area contributed by atoms with Crippen molar-refractivity contribution < 1.29 is 4.79 Å². The highest BCUT2D eigenvalue weighted by atomic mass is 32.1. The normalized spacial score (nSPS) is 20.4. The van der Waals surface area contributed by atoms with Crippen LogP contribution in [0.4, 0.5) is 10.7 Å². The average molecular weight is 279 g/mol. The minimum atomic E-state index is -0.402. The summed E-state index contributed by atoms with van der Waals surface area (Å²) in [7, 11) is 0. The van der Waals surface area contributed by atoms with Gasteiger partial charge in [-0.05, 0) is 31.6 Å². The summed E-state index contributed by atoms with van der Waals surface area (Å²) in [6.07, 6.45) is 8.71. The Morgan fingerprint density at radius 2 is 1.84 bits per heavy atom. The van der Waals surface area contributed by atoms with Crippen molar-refractivity contribution in [2.75, 3.05) is 11.1 Å². The number of carbonyl (C=O) groups is 1. The molecule has 0 bridgehead atoms. The fourth-order valence-corrected chi connectivity index (χ4v) is 4.09. The summed E-state index contributed by atoms with van der Waals surface area (Å²) in [4.78, 5) is 12.0. The minimum Gasteiger partial charge on any atom is -0.397 e. The smallest absolute Gasteiger partial charge is 0.260 e. The van der Waals surface area contributed by atoms with Gasteiger partial charge < -0.3 is 16.8 Å². The summed E-state index contributed by atoms with van der Waals surface area (Å²) >= 11 is 1.45. The highest BCUT2D eigenvalue weighted by Gasteiger charge is 2.33. The largest absolute Gasteiger partial charge is 0.397 e. The standard InChI is InChI=1S/C14H21N3OS/c15-11-10(8-6-7-8)14(19-12(11)13(16)18)17-9-4-2-1-3-5-9/h8-9,17H,1-7,15H2,(H2,16,18). The van der Waals surface area contributed by atoms with Crippen LogP contribution in [0.15, 0.2) is 0 Å². The first-order chi connectivity index (χ1) is 9.16. The summed E-state index contributed by atoms with van der Waals surface area (Å²) in [6, 6.07) is 0.532. The monoisotopic (exact) mass is 279 g/mol. The number of nitrogens with one attached hydrogen (secondary N) is 1. The van der Waals surface area contributed by atoms with E-state index in [1.165, 1.54) is 56.3 Å². The molecule has 0 spiro atoms. The lowest BCUT2D eigenvalue weighted by Crippen LogP contribution is -2.22. The first-order valence-corrected chi connectivity index (χ1v) is 7.97. The third-order valence-electron chi connectivity index (χ3n) is 4.13. The Morgan fingerprint density at radius 3 is 2.42 bits per heavy atom. The zero-order valence-electron chi connectivity index (χ0n) is 11.1. The molecule has 2 fully saturated rings. The van der Waals surface area contributed by atoms with Crippen LogP contribution >= 0.6 is 11.3 Å². The predicted octanol–water partition coefficient (Wildman–Crippen LogP) is 3.05. The molecule has 5 heteroatoms. The molecule has 0 aliphatic heterocycles. The van der Waals surface area contributed by atoms with Gasteiger partial charge in [0.15, 0.2) is 0 Å². The van der Waals surface area contributed by atoms with Crippen molar-refractivity contribution in [1.82, 2.24) is 0 Å². The van der Waals surface area contributed by atoms with Crippen LogP contribution in [-0.2, 0) is 0 Å². The molecule has 1 aromatic heterocycles. The van der Waals surface area contributed by atoms with Crippen molar-refractivity contribution in [1.29, 1.82) is 0 Å². The fourth-order valence-electron chi connectivity index (χ4n) is 2.96. The zero-order valence-corrected chi connectivity index (χ0v) is 11.9. The van der Waals surface area contributed by atoms with Crippen molar-refractivity contribution in [2.24, 2.45) is 5.73 Å². The van der Waals surface area contributed by atoms with Crippen LogP contribution in [0.5, 0.6) is 0 Å². The van der Waals surface area contributed by atoms with Gasteiger partial charge in [0.2, 0.25) is 0 Å². The lowest BCUT2D eigenvalue weighted by atomic mass is 9.95. The lowest BCUT2D eigenvalue weighted by Gasteiger charge is -2.23. The zero-order chi connectivity index (χ0) is 13.4. The minimum absolute atomic E-state index is 0.402. The van der Waals surface area contributed by atoms with Crippen LogP contribution in [0.1, 0.15) is 66.1 Å². The van der Waals surface area contributed by atoms with Crippen LogP contribution in [0.3, 0.4) is 0 Å². The van der Waals surface area contributed by atoms with Gasteiger partial charge in [-0.3, -0.25) is 4.79 Å². The Hall–Kier alpha value is -1.23. The molecule has 0 radical (unpaired) electrons. The molecule has 3 rings (SSSR count). The number of carbonyl (C=O) groups excluding carboxylic acids is 1. The molecule has 0 aromatic carbocycles. The molecule has 104 valence electrons. The van der Waals surface area contributed by atoms with Gasteiger partial charge in [0, 0.05) is 11.6 Å². The number of amides is 1. The van der Waals surface area contributed by atoms with Gasteiger partial charge in [0.25, 0.3) is 5.91 Å². The van der Waals surface area contributed by atoms with Crippen LogP contribution < -0.4 is 16.8 Å². The summed E-state index contributed by atoms with van der Waals surface area (Å²) in [5.74, 6) is 0.136. The molecule has 0 atom stereocenters. The maximum atomic E-state index is 11.4. The van der Waals surface area contributed by atoms with E-state index < -0.39 is 5.91 Å². The van der Waals surface area contributed by atoms with Crippen molar-refractivity contribution in [3.63, 3.8) is 0 Å². The molecule has 2 saturated carbocycles. The van der Waals surface area contributed by atoms with E-state index >= 15 is 0 Å². The van der Waals surface area contributed by atoms with E-state index in [1.54, 1.807) is 0 Å². The summed E-state index contributed by atoms with van der Waals surface area (Å²) in [6.45, 7) is 0. The molecule has 1 heterocycles. The van der Waals surface area contributed by atoms with E-state index in [9.17, 15) is 4.79 Å². The summed E-state index contributed by atoms with van der Waals surface area (Å²) < 4.78 is 0. The van der Waals surface area contributed by atoms with Gasteiger partial charge in [-0.25, -0.2) is 0 Å². The maximum Gasteiger partial charge on any atom is 0.260 e. The average Bonchev–Trinajstić information content (AvgIpc) is 3.16. The van der Waals surface area contributed by atoms with Crippen LogP contribution in [0.25, 0.3) is 0 Å². The topological polar surface area (TPSA) is 81.1 Å². The number of primary amides is 1. The summed E-state index contributed by atoms with van der Waals surface area (Å²) in [5, 5.41) is 4.72. The second kappa shape index (κ2) is 5.04. The van der Waals surface area contributed by atoms with Gasteiger partial charge in [-0.1, -0.05) is 19.3 Å². The summed E-state index contributed by atoms with van der Waals surface area (Å²) in [5.41, 5.74) is 13.3. The molecule has 1 amide bonds. The van der Waals surface area contributed by atoms with E-state index in [1.807, 2.05) is 0 Å². The van der Waals surface area contributed by atoms with E-state index in [0.717, 1.165) is 10.6 Å². The molecule has 0 saturated heterocycles. The number of nitrogens with two attached hydrogens (primary N) is 2. The first-order valence-electron chi connectivity index (χ1n) is 7.15. The van der Waals surface area contributed by atoms with Crippen LogP contribution in [0, 0.1) is 0 Å².